The van der Waals surface area contributed by atoms with Crippen LogP contribution >= 0.6 is 0 Å². The van der Waals surface area contributed by atoms with Gasteiger partial charge in [0.2, 0.25) is 0 Å². The first-order chi connectivity index (χ1) is 13.3. The van der Waals surface area contributed by atoms with Crippen molar-refractivity contribution in [3.05, 3.63) is 95.7 Å². The largest absolute Gasteiger partial charge is 0.492 e. The van der Waals surface area contributed by atoms with Crippen LogP contribution in [0.2, 0.25) is 0 Å². The molecule has 0 amide bonds. The Balaban J connectivity index is 1.48. The Labute approximate surface area is 157 Å². The zero-order chi connectivity index (χ0) is 18.2. The summed E-state index contributed by atoms with van der Waals surface area (Å²) in [6.45, 7) is 0.521. The van der Waals surface area contributed by atoms with E-state index in [2.05, 4.69) is 4.98 Å². The van der Waals surface area contributed by atoms with Crippen LogP contribution in [0.4, 0.5) is 0 Å². The Hall–Kier alpha value is -3.02. The van der Waals surface area contributed by atoms with Crippen LogP contribution in [0, 0.1) is 0 Å². The van der Waals surface area contributed by atoms with Gasteiger partial charge in [0.25, 0.3) is 0 Å². The SMILES string of the molecule is OB1OC(c2c[nH]c3ccc(OCc4ccccc4)cc23)c2ccccc21. The zero-order valence-corrected chi connectivity index (χ0v) is 14.6. The van der Waals surface area contributed by atoms with E-state index >= 15 is 0 Å². The quantitative estimate of drug-likeness (QED) is 0.551. The molecule has 5 rings (SSSR count). The molecular weight excluding hydrogens is 337 g/mol. The Bertz CT molecular complexity index is 1090. The summed E-state index contributed by atoms with van der Waals surface area (Å²) in [6, 6.07) is 23.9. The third kappa shape index (κ3) is 2.91. The van der Waals surface area contributed by atoms with Gasteiger partial charge in [-0.25, -0.2) is 0 Å². The Kier molecular flexibility index (Phi) is 3.96. The molecule has 0 spiro atoms. The molecule has 1 aromatic heterocycles. The molecule has 0 fully saturated rings. The minimum atomic E-state index is -0.895. The van der Waals surface area contributed by atoms with Crippen molar-refractivity contribution in [2.45, 2.75) is 12.7 Å². The third-order valence-electron chi connectivity index (χ3n) is 5.03. The highest BCUT2D eigenvalue weighted by atomic mass is 16.5. The van der Waals surface area contributed by atoms with Crippen molar-refractivity contribution < 1.29 is 14.4 Å². The monoisotopic (exact) mass is 355 g/mol. The maximum Gasteiger partial charge on any atom is 0.492 e. The highest BCUT2D eigenvalue weighted by molar-refractivity contribution is 6.61. The summed E-state index contributed by atoms with van der Waals surface area (Å²) in [7, 11) is -0.895. The first-order valence-corrected chi connectivity index (χ1v) is 9.00. The summed E-state index contributed by atoms with van der Waals surface area (Å²) in [5, 5.41) is 11.3. The van der Waals surface area contributed by atoms with Crippen molar-refractivity contribution in [1.82, 2.24) is 4.98 Å². The number of hydrogen-bond acceptors (Lipinski definition) is 3. The van der Waals surface area contributed by atoms with Crippen LogP contribution < -0.4 is 10.2 Å². The molecule has 1 aliphatic rings. The van der Waals surface area contributed by atoms with Gasteiger partial charge in [0.1, 0.15) is 12.4 Å². The molecule has 27 heavy (non-hydrogen) atoms. The number of aromatic amines is 1. The van der Waals surface area contributed by atoms with E-state index in [1.165, 1.54) is 0 Å². The number of ether oxygens (including phenoxy) is 1. The van der Waals surface area contributed by atoms with Crippen LogP contribution in [0.15, 0.2) is 79.0 Å². The van der Waals surface area contributed by atoms with Crippen molar-refractivity contribution in [1.29, 1.82) is 0 Å². The molecule has 1 atom stereocenters. The van der Waals surface area contributed by atoms with Gasteiger partial charge in [-0.05, 0) is 34.8 Å². The second kappa shape index (κ2) is 6.61. The van der Waals surface area contributed by atoms with Crippen molar-refractivity contribution in [2.75, 3.05) is 0 Å². The molecule has 1 aliphatic heterocycles. The second-order valence-electron chi connectivity index (χ2n) is 6.72. The number of fused-ring (bicyclic) bond motifs is 2. The summed E-state index contributed by atoms with van der Waals surface area (Å²) in [5.41, 5.74) is 4.97. The molecule has 0 saturated carbocycles. The van der Waals surface area contributed by atoms with Gasteiger partial charge in [0.05, 0.1) is 6.10 Å². The lowest BCUT2D eigenvalue weighted by Gasteiger charge is -2.12. The van der Waals surface area contributed by atoms with E-state index in [4.69, 9.17) is 9.39 Å². The Morgan fingerprint density at radius 2 is 1.78 bits per heavy atom. The van der Waals surface area contributed by atoms with Gasteiger partial charge < -0.3 is 19.4 Å². The van der Waals surface area contributed by atoms with Gasteiger partial charge in [0, 0.05) is 22.7 Å². The molecule has 2 N–H and O–H groups in total. The van der Waals surface area contributed by atoms with E-state index in [1.807, 2.05) is 79.0 Å². The average Bonchev–Trinajstić information content (AvgIpc) is 3.28. The van der Waals surface area contributed by atoms with E-state index in [1.54, 1.807) is 0 Å². The molecule has 132 valence electrons. The predicted octanol–water partition coefficient (Wildman–Crippen LogP) is 3.55. The van der Waals surface area contributed by atoms with E-state index in [0.717, 1.165) is 38.8 Å². The Morgan fingerprint density at radius 1 is 0.963 bits per heavy atom. The van der Waals surface area contributed by atoms with E-state index < -0.39 is 7.12 Å². The summed E-state index contributed by atoms with van der Waals surface area (Å²) in [4.78, 5) is 3.29. The van der Waals surface area contributed by atoms with Gasteiger partial charge in [0.15, 0.2) is 0 Å². The second-order valence-corrected chi connectivity index (χ2v) is 6.72. The summed E-state index contributed by atoms with van der Waals surface area (Å²) >= 11 is 0. The van der Waals surface area contributed by atoms with Crippen molar-refractivity contribution in [2.24, 2.45) is 0 Å². The predicted molar refractivity (Wildman–Crippen MR) is 106 cm³/mol. The molecule has 1 unspecified atom stereocenters. The van der Waals surface area contributed by atoms with Gasteiger partial charge in [-0.2, -0.15) is 0 Å². The standard InChI is InChI=1S/C22H18BNO3/c25-23-20-9-5-4-8-17(20)22(27-23)19-13-24-21-11-10-16(12-18(19)21)26-14-15-6-2-1-3-7-15/h1-13,22,24-25H,14H2. The number of H-pyrrole nitrogens is 1. The molecule has 4 aromatic rings. The number of aromatic nitrogens is 1. The number of nitrogens with one attached hydrogen (secondary N) is 1. The minimum absolute atomic E-state index is 0.297. The average molecular weight is 355 g/mol. The molecular formula is C22H18BNO3. The lowest BCUT2D eigenvalue weighted by Crippen LogP contribution is -2.27. The van der Waals surface area contributed by atoms with E-state index in [-0.39, 0.29) is 6.10 Å². The van der Waals surface area contributed by atoms with E-state index in [0.29, 0.717) is 6.61 Å². The Morgan fingerprint density at radius 3 is 2.67 bits per heavy atom. The van der Waals surface area contributed by atoms with Gasteiger partial charge >= 0.3 is 7.12 Å². The molecule has 3 aromatic carbocycles. The fourth-order valence-corrected chi connectivity index (χ4v) is 3.66. The maximum absolute atomic E-state index is 10.2. The molecule has 5 heteroatoms. The molecule has 4 nitrogen and oxygen atoms in total. The number of benzene rings is 3. The maximum atomic E-state index is 10.2. The lowest BCUT2D eigenvalue weighted by atomic mass is 9.79. The summed E-state index contributed by atoms with van der Waals surface area (Å²) in [5.74, 6) is 0.805. The number of rotatable bonds is 4. The third-order valence-corrected chi connectivity index (χ3v) is 5.03. The van der Waals surface area contributed by atoms with Crippen molar-refractivity contribution in [3.63, 3.8) is 0 Å². The summed E-state index contributed by atoms with van der Waals surface area (Å²) in [6.07, 6.45) is 1.65. The topological polar surface area (TPSA) is 54.5 Å². The van der Waals surface area contributed by atoms with Crippen LogP contribution in [0.1, 0.15) is 22.8 Å². The fraction of sp³-hybridized carbons (Fsp3) is 0.0909. The van der Waals surface area contributed by atoms with Crippen LogP contribution in [0.5, 0.6) is 5.75 Å². The zero-order valence-electron chi connectivity index (χ0n) is 14.6. The molecule has 0 radical (unpaired) electrons. The fourth-order valence-electron chi connectivity index (χ4n) is 3.66. The highest BCUT2D eigenvalue weighted by Crippen LogP contribution is 2.36. The highest BCUT2D eigenvalue weighted by Gasteiger charge is 2.36. The van der Waals surface area contributed by atoms with Crippen molar-refractivity contribution in [3.8, 4) is 5.75 Å². The molecule has 0 aliphatic carbocycles. The van der Waals surface area contributed by atoms with Crippen LogP contribution in [0.3, 0.4) is 0 Å². The first-order valence-electron chi connectivity index (χ1n) is 9.00. The molecule has 0 bridgehead atoms. The number of hydrogen-bond donors (Lipinski definition) is 2. The van der Waals surface area contributed by atoms with Crippen molar-refractivity contribution >= 4 is 23.5 Å². The summed E-state index contributed by atoms with van der Waals surface area (Å²) < 4.78 is 11.8. The normalized spacial score (nSPS) is 15.9. The molecule has 2 heterocycles. The van der Waals surface area contributed by atoms with Gasteiger partial charge in [-0.15, -0.1) is 0 Å². The smallest absolute Gasteiger partial charge is 0.489 e. The lowest BCUT2D eigenvalue weighted by molar-refractivity contribution is 0.228. The van der Waals surface area contributed by atoms with Crippen LogP contribution in [-0.4, -0.2) is 17.1 Å². The van der Waals surface area contributed by atoms with Gasteiger partial charge in [-0.3, -0.25) is 0 Å². The first kappa shape index (κ1) is 16.2. The van der Waals surface area contributed by atoms with Gasteiger partial charge in [-0.1, -0.05) is 54.6 Å². The van der Waals surface area contributed by atoms with Crippen LogP contribution in [-0.2, 0) is 11.3 Å². The molecule has 0 saturated heterocycles. The minimum Gasteiger partial charge on any atom is -0.489 e. The van der Waals surface area contributed by atoms with E-state index in [9.17, 15) is 5.02 Å². The van der Waals surface area contributed by atoms with Crippen LogP contribution in [0.25, 0.3) is 10.9 Å².